The number of hydrogen-bond acceptors (Lipinski definition) is 5. The summed E-state index contributed by atoms with van der Waals surface area (Å²) in [6, 6.07) is 14.8. The first-order chi connectivity index (χ1) is 12.5. The summed E-state index contributed by atoms with van der Waals surface area (Å²) >= 11 is 0. The normalized spacial score (nSPS) is 10.9. The second-order valence-corrected chi connectivity index (χ2v) is 5.53. The molecule has 1 heterocycles. The van der Waals surface area contributed by atoms with Crippen molar-refractivity contribution in [1.82, 2.24) is 4.98 Å². The first kappa shape index (κ1) is 17.5. The van der Waals surface area contributed by atoms with Gasteiger partial charge in [0.1, 0.15) is 18.2 Å². The lowest BCUT2D eigenvalue weighted by atomic mass is 10.2. The number of nitro groups is 1. The third kappa shape index (κ3) is 4.41. The molecule has 0 unspecified atom stereocenters. The number of non-ortho nitro benzene ring substituents is 1. The third-order valence-electron chi connectivity index (χ3n) is 3.63. The lowest BCUT2D eigenvalue weighted by molar-refractivity contribution is -0.384. The second kappa shape index (κ2) is 7.73. The van der Waals surface area contributed by atoms with Crippen LogP contribution in [0.4, 0.5) is 20.3 Å². The van der Waals surface area contributed by atoms with E-state index in [9.17, 15) is 18.9 Å². The van der Waals surface area contributed by atoms with Crippen LogP contribution in [-0.2, 0) is 6.54 Å². The third-order valence-corrected chi connectivity index (χ3v) is 3.63. The van der Waals surface area contributed by atoms with Crippen LogP contribution in [0.3, 0.4) is 0 Å². The number of anilines is 1. The summed E-state index contributed by atoms with van der Waals surface area (Å²) in [7, 11) is 0. The zero-order chi connectivity index (χ0) is 18.5. The molecular formula is C18H15F2N3O3. The van der Waals surface area contributed by atoms with Gasteiger partial charge in [-0.2, -0.15) is 0 Å². The monoisotopic (exact) mass is 359 g/mol. The zero-order valence-corrected chi connectivity index (χ0v) is 13.6. The molecule has 0 radical (unpaired) electrons. The number of benzene rings is 2. The zero-order valence-electron chi connectivity index (χ0n) is 13.6. The molecule has 1 N–H and O–H groups in total. The minimum atomic E-state index is -2.52. The van der Waals surface area contributed by atoms with Gasteiger partial charge in [0.15, 0.2) is 0 Å². The highest BCUT2D eigenvalue weighted by atomic mass is 19.3. The van der Waals surface area contributed by atoms with Gasteiger partial charge in [0, 0.05) is 24.1 Å². The van der Waals surface area contributed by atoms with Gasteiger partial charge >= 0.3 is 0 Å². The van der Waals surface area contributed by atoms with Crippen LogP contribution in [0.25, 0.3) is 10.9 Å². The standard InChI is InChI=1S/C18H15F2N3O3/c19-17(20)11-26-15-3-1-2-12(8-15)10-21-18-7-4-13-9-14(23(24)25)5-6-16(13)22-18/h1-9,17H,10-11H2,(H,21,22). The number of halogens is 2. The highest BCUT2D eigenvalue weighted by Gasteiger charge is 2.08. The van der Waals surface area contributed by atoms with Gasteiger partial charge in [-0.15, -0.1) is 0 Å². The fraction of sp³-hybridized carbons (Fsp3) is 0.167. The maximum atomic E-state index is 12.2. The Labute approximate surface area is 147 Å². The van der Waals surface area contributed by atoms with Crippen molar-refractivity contribution in [2.45, 2.75) is 13.0 Å². The van der Waals surface area contributed by atoms with Crippen LogP contribution in [0.15, 0.2) is 54.6 Å². The summed E-state index contributed by atoms with van der Waals surface area (Å²) < 4.78 is 29.4. The van der Waals surface area contributed by atoms with Crippen LogP contribution in [0, 0.1) is 10.1 Å². The van der Waals surface area contributed by atoms with Crippen molar-refractivity contribution in [1.29, 1.82) is 0 Å². The predicted molar refractivity (Wildman–Crippen MR) is 93.7 cm³/mol. The van der Waals surface area contributed by atoms with Crippen LogP contribution in [0.1, 0.15) is 5.56 Å². The van der Waals surface area contributed by atoms with E-state index >= 15 is 0 Å². The molecular weight excluding hydrogens is 344 g/mol. The summed E-state index contributed by atoms with van der Waals surface area (Å²) in [6.07, 6.45) is -2.52. The number of pyridine rings is 1. The van der Waals surface area contributed by atoms with E-state index in [4.69, 9.17) is 4.74 Å². The van der Waals surface area contributed by atoms with Gasteiger partial charge in [-0.3, -0.25) is 10.1 Å². The number of aromatic nitrogens is 1. The number of rotatable bonds is 7. The summed E-state index contributed by atoms with van der Waals surface area (Å²) in [6.45, 7) is -0.216. The van der Waals surface area contributed by atoms with Gasteiger partial charge in [0.2, 0.25) is 0 Å². The number of hydrogen-bond donors (Lipinski definition) is 1. The molecule has 0 aliphatic carbocycles. The number of alkyl halides is 2. The Morgan fingerprint density at radius 1 is 1.15 bits per heavy atom. The van der Waals surface area contributed by atoms with E-state index in [1.54, 1.807) is 36.4 Å². The largest absolute Gasteiger partial charge is 0.488 e. The maximum Gasteiger partial charge on any atom is 0.272 e. The van der Waals surface area contributed by atoms with Gasteiger partial charge in [0.25, 0.3) is 12.1 Å². The molecule has 1 aromatic heterocycles. The lowest BCUT2D eigenvalue weighted by Crippen LogP contribution is -2.07. The van der Waals surface area contributed by atoms with E-state index in [-0.39, 0.29) is 5.69 Å². The van der Waals surface area contributed by atoms with E-state index in [1.165, 1.54) is 12.1 Å². The van der Waals surface area contributed by atoms with E-state index in [2.05, 4.69) is 10.3 Å². The summed E-state index contributed by atoms with van der Waals surface area (Å²) in [5, 5.41) is 14.6. The Kier molecular flexibility index (Phi) is 5.21. The van der Waals surface area contributed by atoms with Crippen molar-refractivity contribution in [3.63, 3.8) is 0 Å². The van der Waals surface area contributed by atoms with E-state index in [0.717, 1.165) is 5.56 Å². The molecule has 8 heteroatoms. The minimum absolute atomic E-state index is 0.0145. The van der Waals surface area contributed by atoms with Crippen LogP contribution in [0.5, 0.6) is 5.75 Å². The molecule has 0 saturated carbocycles. The molecule has 134 valence electrons. The molecule has 0 bridgehead atoms. The fourth-order valence-corrected chi connectivity index (χ4v) is 2.42. The van der Waals surface area contributed by atoms with Gasteiger partial charge in [-0.25, -0.2) is 13.8 Å². The molecule has 0 aliphatic rings. The lowest BCUT2D eigenvalue weighted by Gasteiger charge is -2.09. The number of fused-ring (bicyclic) bond motifs is 1. The van der Waals surface area contributed by atoms with Crippen molar-refractivity contribution in [3.05, 3.63) is 70.3 Å². The molecule has 0 atom stereocenters. The number of ether oxygens (including phenoxy) is 1. The van der Waals surface area contributed by atoms with Crippen molar-refractivity contribution >= 4 is 22.4 Å². The number of nitro benzene ring substituents is 1. The summed E-state index contributed by atoms with van der Waals surface area (Å²) in [4.78, 5) is 14.8. The van der Waals surface area contributed by atoms with E-state index < -0.39 is 18.0 Å². The highest BCUT2D eigenvalue weighted by molar-refractivity contribution is 5.82. The highest BCUT2D eigenvalue weighted by Crippen LogP contribution is 2.21. The molecule has 6 nitrogen and oxygen atoms in total. The SMILES string of the molecule is O=[N+]([O-])c1ccc2nc(NCc3cccc(OCC(F)F)c3)ccc2c1. The smallest absolute Gasteiger partial charge is 0.272 e. The fourth-order valence-electron chi connectivity index (χ4n) is 2.42. The maximum absolute atomic E-state index is 12.2. The molecule has 0 amide bonds. The van der Waals surface area contributed by atoms with Gasteiger partial charge in [-0.1, -0.05) is 12.1 Å². The number of nitrogens with one attached hydrogen (secondary N) is 1. The van der Waals surface area contributed by atoms with E-state index in [0.29, 0.717) is 29.0 Å². The second-order valence-electron chi connectivity index (χ2n) is 5.53. The van der Waals surface area contributed by atoms with Crippen molar-refractivity contribution in [2.24, 2.45) is 0 Å². The van der Waals surface area contributed by atoms with Crippen LogP contribution in [0.2, 0.25) is 0 Å². The van der Waals surface area contributed by atoms with Crippen LogP contribution < -0.4 is 10.1 Å². The van der Waals surface area contributed by atoms with Crippen molar-refractivity contribution < 1.29 is 18.4 Å². The molecule has 2 aromatic carbocycles. The molecule has 0 spiro atoms. The van der Waals surface area contributed by atoms with Gasteiger partial charge in [-0.05, 0) is 35.9 Å². The van der Waals surface area contributed by atoms with Crippen molar-refractivity contribution in [3.8, 4) is 5.75 Å². The molecule has 0 aliphatic heterocycles. The molecule has 3 rings (SSSR count). The Bertz CT molecular complexity index is 934. The molecule has 3 aromatic rings. The number of nitrogens with zero attached hydrogens (tertiary/aromatic N) is 2. The van der Waals surface area contributed by atoms with Crippen molar-refractivity contribution in [2.75, 3.05) is 11.9 Å². The summed E-state index contributed by atoms with van der Waals surface area (Å²) in [5.41, 5.74) is 1.50. The van der Waals surface area contributed by atoms with Crippen LogP contribution in [-0.4, -0.2) is 22.9 Å². The Morgan fingerprint density at radius 2 is 2.00 bits per heavy atom. The Morgan fingerprint density at radius 3 is 2.77 bits per heavy atom. The molecule has 0 saturated heterocycles. The van der Waals surface area contributed by atoms with Crippen LogP contribution >= 0.6 is 0 Å². The van der Waals surface area contributed by atoms with E-state index in [1.807, 2.05) is 6.07 Å². The quantitative estimate of drug-likeness (QED) is 0.500. The Balaban J connectivity index is 1.68. The molecule has 0 fully saturated rings. The molecule has 26 heavy (non-hydrogen) atoms. The summed E-state index contributed by atoms with van der Waals surface area (Å²) in [5.74, 6) is 0.980. The first-order valence-electron chi connectivity index (χ1n) is 7.80. The van der Waals surface area contributed by atoms with Gasteiger partial charge in [0.05, 0.1) is 10.4 Å². The Hall–Kier alpha value is -3.29. The first-order valence-corrected chi connectivity index (χ1v) is 7.80. The minimum Gasteiger partial charge on any atom is -0.488 e. The average molecular weight is 359 g/mol. The predicted octanol–water partition coefficient (Wildman–Crippen LogP) is 4.40. The average Bonchev–Trinajstić information content (AvgIpc) is 2.64. The van der Waals surface area contributed by atoms with Gasteiger partial charge < -0.3 is 10.1 Å². The topological polar surface area (TPSA) is 77.3 Å².